The number of rotatable bonds is 4. The average molecular weight is 546 g/mol. The highest BCUT2D eigenvalue weighted by atomic mass is 19.1. The minimum absolute atomic E-state index is 0.0863. The molecule has 0 bridgehead atoms. The topological polar surface area (TPSA) is 103 Å². The molecular weight excluding hydrogens is 516 g/mol. The largest absolute Gasteiger partial charge is 0.325 e. The standard InChI is InChI=1S/C30H29F2N5O3/c1-16-25(18-9-20(31)12-21(32)10-18)37(28(40)29(2,3)36-16)15-24(38)34-22-7-6-17-13-30(14-19(17)11-22)23-5-4-8-33-26(23)35-27(30)39/h4-12,16,25,36H,13-15H2,1-3H3,(H,34,38)(H,33,35,39)/t16-,25+,30+/m0/s1. The normalized spacial score (nSPS) is 24.6. The second-order valence-electron chi connectivity index (χ2n) is 11.5. The molecule has 3 N–H and O–H groups in total. The first-order valence-corrected chi connectivity index (χ1v) is 13.2. The number of hydrogen-bond donors (Lipinski definition) is 3. The molecule has 1 saturated heterocycles. The van der Waals surface area contributed by atoms with Crippen LogP contribution >= 0.6 is 0 Å². The van der Waals surface area contributed by atoms with E-state index in [9.17, 15) is 23.2 Å². The van der Waals surface area contributed by atoms with Crippen LogP contribution < -0.4 is 16.0 Å². The molecule has 3 atom stereocenters. The number of aromatic nitrogens is 1. The van der Waals surface area contributed by atoms with Gasteiger partial charge in [-0.05, 0) is 80.6 Å². The summed E-state index contributed by atoms with van der Waals surface area (Å²) in [6, 6.07) is 11.3. The highest BCUT2D eigenvalue weighted by Gasteiger charge is 2.51. The van der Waals surface area contributed by atoms with Crippen LogP contribution in [0, 0.1) is 11.6 Å². The Morgan fingerprint density at radius 3 is 2.55 bits per heavy atom. The lowest BCUT2D eigenvalue weighted by molar-refractivity contribution is -0.148. The summed E-state index contributed by atoms with van der Waals surface area (Å²) in [6.07, 6.45) is 2.66. The van der Waals surface area contributed by atoms with Crippen molar-refractivity contribution in [3.05, 3.63) is 88.6 Å². The lowest BCUT2D eigenvalue weighted by atomic mass is 9.79. The van der Waals surface area contributed by atoms with Crippen molar-refractivity contribution >= 4 is 29.2 Å². The summed E-state index contributed by atoms with van der Waals surface area (Å²) >= 11 is 0. The van der Waals surface area contributed by atoms with Gasteiger partial charge in [-0.25, -0.2) is 13.8 Å². The Bertz CT molecular complexity index is 1550. The molecule has 1 spiro atoms. The van der Waals surface area contributed by atoms with Crippen LogP contribution in [0.3, 0.4) is 0 Å². The fourth-order valence-corrected chi connectivity index (χ4v) is 6.55. The molecule has 0 saturated carbocycles. The summed E-state index contributed by atoms with van der Waals surface area (Å²) in [4.78, 5) is 45.4. The van der Waals surface area contributed by atoms with Crippen LogP contribution in [0.5, 0.6) is 0 Å². The molecule has 40 heavy (non-hydrogen) atoms. The molecule has 8 nitrogen and oxygen atoms in total. The lowest BCUT2D eigenvalue weighted by Gasteiger charge is -2.47. The molecule has 3 aromatic rings. The number of carbonyl (C=O) groups excluding carboxylic acids is 3. The first-order chi connectivity index (χ1) is 19.0. The number of nitrogens with zero attached hydrogens (tertiary/aromatic N) is 2. The Labute approximate surface area is 230 Å². The van der Waals surface area contributed by atoms with Crippen molar-refractivity contribution in [2.45, 2.75) is 56.7 Å². The minimum atomic E-state index is -0.975. The van der Waals surface area contributed by atoms with E-state index in [0.717, 1.165) is 22.8 Å². The van der Waals surface area contributed by atoms with Gasteiger partial charge >= 0.3 is 0 Å². The molecule has 3 heterocycles. The van der Waals surface area contributed by atoms with Gasteiger partial charge in [-0.15, -0.1) is 0 Å². The second kappa shape index (κ2) is 9.19. The predicted octanol–water partition coefficient (Wildman–Crippen LogP) is 3.63. The first kappa shape index (κ1) is 26.1. The van der Waals surface area contributed by atoms with E-state index >= 15 is 0 Å². The summed E-state index contributed by atoms with van der Waals surface area (Å²) in [5, 5.41) is 8.96. The van der Waals surface area contributed by atoms with E-state index in [1.165, 1.54) is 17.0 Å². The summed E-state index contributed by atoms with van der Waals surface area (Å²) in [5.41, 5.74) is 1.94. The van der Waals surface area contributed by atoms with Crippen molar-refractivity contribution in [3.8, 4) is 0 Å². The fourth-order valence-electron chi connectivity index (χ4n) is 6.55. The van der Waals surface area contributed by atoms with Gasteiger partial charge in [-0.1, -0.05) is 12.1 Å². The molecule has 0 unspecified atom stereocenters. The van der Waals surface area contributed by atoms with Gasteiger partial charge in [-0.2, -0.15) is 0 Å². The van der Waals surface area contributed by atoms with E-state index in [-0.39, 0.29) is 30.0 Å². The van der Waals surface area contributed by atoms with Gasteiger partial charge in [0.2, 0.25) is 17.7 Å². The number of piperazine rings is 1. The van der Waals surface area contributed by atoms with Crippen LogP contribution in [0.1, 0.15) is 49.1 Å². The van der Waals surface area contributed by atoms with Crippen molar-refractivity contribution in [3.63, 3.8) is 0 Å². The molecule has 3 amide bonds. The van der Waals surface area contributed by atoms with Crippen molar-refractivity contribution in [2.75, 3.05) is 17.2 Å². The third-order valence-electron chi connectivity index (χ3n) is 8.20. The number of amides is 3. The monoisotopic (exact) mass is 545 g/mol. The summed E-state index contributed by atoms with van der Waals surface area (Å²) in [5.74, 6) is -1.81. The SMILES string of the molecule is C[C@@H]1NC(C)(C)C(=O)N(CC(=O)Nc2ccc3c(c2)C[C@@]2(C3)C(=O)Nc3ncccc32)[C@H]1c1cc(F)cc(F)c1. The number of halogens is 2. The molecule has 2 aliphatic heterocycles. The van der Waals surface area contributed by atoms with E-state index in [1.807, 2.05) is 31.2 Å². The predicted molar refractivity (Wildman–Crippen MR) is 145 cm³/mol. The third-order valence-corrected chi connectivity index (χ3v) is 8.20. The summed E-state index contributed by atoms with van der Waals surface area (Å²) < 4.78 is 28.2. The van der Waals surface area contributed by atoms with E-state index in [0.29, 0.717) is 24.3 Å². The van der Waals surface area contributed by atoms with Gasteiger partial charge in [-0.3, -0.25) is 19.7 Å². The van der Waals surface area contributed by atoms with Gasteiger partial charge in [0.1, 0.15) is 24.0 Å². The number of fused-ring (bicyclic) bond motifs is 3. The van der Waals surface area contributed by atoms with Crippen molar-refractivity contribution < 1.29 is 23.2 Å². The summed E-state index contributed by atoms with van der Waals surface area (Å²) in [6.45, 7) is 4.93. The van der Waals surface area contributed by atoms with Crippen LogP contribution in [0.2, 0.25) is 0 Å². The number of nitrogens with one attached hydrogen (secondary N) is 3. The number of carbonyl (C=O) groups is 3. The lowest BCUT2D eigenvalue weighted by Crippen LogP contribution is -2.66. The zero-order valence-corrected chi connectivity index (χ0v) is 22.3. The number of hydrogen-bond acceptors (Lipinski definition) is 5. The van der Waals surface area contributed by atoms with E-state index in [4.69, 9.17) is 0 Å². The van der Waals surface area contributed by atoms with E-state index in [1.54, 1.807) is 26.1 Å². The zero-order valence-electron chi connectivity index (χ0n) is 22.3. The number of anilines is 2. The smallest absolute Gasteiger partial charge is 0.244 e. The van der Waals surface area contributed by atoms with Crippen LogP contribution in [-0.4, -0.2) is 45.7 Å². The molecule has 3 aliphatic rings. The van der Waals surface area contributed by atoms with Crippen LogP contribution in [0.15, 0.2) is 54.7 Å². The van der Waals surface area contributed by atoms with Gasteiger partial charge in [0.15, 0.2) is 0 Å². The maximum atomic E-state index is 14.1. The van der Waals surface area contributed by atoms with Gasteiger partial charge in [0.25, 0.3) is 0 Å². The molecule has 1 aromatic heterocycles. The number of pyridine rings is 1. The van der Waals surface area contributed by atoms with Gasteiger partial charge in [0.05, 0.1) is 17.0 Å². The van der Waals surface area contributed by atoms with Crippen molar-refractivity contribution in [1.82, 2.24) is 15.2 Å². The van der Waals surface area contributed by atoms with Gasteiger partial charge < -0.3 is 15.5 Å². The molecular formula is C30H29F2N5O3. The molecule has 206 valence electrons. The third kappa shape index (κ3) is 4.23. The molecule has 1 aliphatic carbocycles. The van der Waals surface area contributed by atoms with Gasteiger partial charge in [0, 0.05) is 29.6 Å². The van der Waals surface area contributed by atoms with E-state index < -0.39 is 34.5 Å². The Hall–Kier alpha value is -4.18. The van der Waals surface area contributed by atoms with E-state index in [2.05, 4.69) is 20.9 Å². The first-order valence-electron chi connectivity index (χ1n) is 13.2. The number of benzene rings is 2. The fraction of sp³-hybridized carbons (Fsp3) is 0.333. The molecule has 10 heteroatoms. The zero-order chi connectivity index (χ0) is 28.4. The quantitative estimate of drug-likeness (QED) is 0.465. The van der Waals surface area contributed by atoms with Crippen LogP contribution in [0.25, 0.3) is 0 Å². The Morgan fingerprint density at radius 1 is 1.07 bits per heavy atom. The van der Waals surface area contributed by atoms with Crippen molar-refractivity contribution in [2.24, 2.45) is 0 Å². The van der Waals surface area contributed by atoms with Crippen LogP contribution in [-0.2, 0) is 32.6 Å². The highest BCUT2D eigenvalue weighted by Crippen LogP contribution is 2.47. The molecule has 1 fully saturated rings. The second-order valence-corrected chi connectivity index (χ2v) is 11.5. The minimum Gasteiger partial charge on any atom is -0.325 e. The van der Waals surface area contributed by atoms with Crippen LogP contribution in [0.4, 0.5) is 20.3 Å². The Morgan fingerprint density at radius 2 is 1.80 bits per heavy atom. The Balaban J connectivity index is 1.23. The maximum absolute atomic E-state index is 14.1. The Kier molecular flexibility index (Phi) is 5.99. The molecule has 2 aromatic carbocycles. The maximum Gasteiger partial charge on any atom is 0.244 e. The highest BCUT2D eigenvalue weighted by molar-refractivity contribution is 6.06. The van der Waals surface area contributed by atoms with Crippen molar-refractivity contribution in [1.29, 1.82) is 0 Å². The molecule has 0 radical (unpaired) electrons. The molecule has 6 rings (SSSR count). The summed E-state index contributed by atoms with van der Waals surface area (Å²) in [7, 11) is 0. The average Bonchev–Trinajstić information content (AvgIpc) is 3.38.